The van der Waals surface area contributed by atoms with E-state index < -0.39 is 17.7 Å². The lowest BCUT2D eigenvalue weighted by Gasteiger charge is -2.08. The first-order valence-electron chi connectivity index (χ1n) is 5.31. The first-order valence-corrected chi connectivity index (χ1v) is 5.31. The summed E-state index contributed by atoms with van der Waals surface area (Å²) in [5.41, 5.74) is -0.605. The summed E-state index contributed by atoms with van der Waals surface area (Å²) in [7, 11) is 1.29. The average Bonchev–Trinajstić information content (AvgIpc) is 2.33. The van der Waals surface area contributed by atoms with Crippen molar-refractivity contribution in [2.24, 2.45) is 9.98 Å². The van der Waals surface area contributed by atoms with E-state index in [1.165, 1.54) is 19.2 Å². The maximum atomic E-state index is 13.4. The molecule has 0 saturated carbocycles. The fourth-order valence-corrected chi connectivity index (χ4v) is 1.31. The highest BCUT2D eigenvalue weighted by molar-refractivity contribution is 6.11. The van der Waals surface area contributed by atoms with Crippen LogP contribution in [0.25, 0.3) is 0 Å². The predicted molar refractivity (Wildman–Crippen MR) is 67.3 cm³/mol. The van der Waals surface area contributed by atoms with Crippen molar-refractivity contribution in [3.05, 3.63) is 47.8 Å². The lowest BCUT2D eigenvalue weighted by molar-refractivity contribution is -0.0575. The Morgan fingerprint density at radius 3 is 2.37 bits per heavy atom. The van der Waals surface area contributed by atoms with Gasteiger partial charge in [0.15, 0.2) is 5.84 Å². The van der Waals surface area contributed by atoms with Crippen LogP contribution >= 0.6 is 0 Å². The summed E-state index contributed by atoms with van der Waals surface area (Å²) in [5.74, 6) is -0.730. The van der Waals surface area contributed by atoms with Crippen molar-refractivity contribution in [3.8, 4) is 0 Å². The number of amidine groups is 1. The Hall–Kier alpha value is -1.98. The van der Waals surface area contributed by atoms with Crippen molar-refractivity contribution in [2.75, 3.05) is 7.05 Å². The molecule has 0 aliphatic rings. The molecule has 0 radical (unpaired) electrons. The smallest absolute Gasteiger partial charge is 0.270 e. The highest BCUT2D eigenvalue weighted by atomic mass is 19.4. The van der Waals surface area contributed by atoms with E-state index in [-0.39, 0.29) is 11.4 Å². The number of alkyl halides is 3. The standard InChI is InChI=1S/C13H12F4N2/c1-4-11(13(15,16)17)19-12(18-3)9-6-5-8(2)10(14)7-9/h4-7H,1H2,2-3H3. The number of allylic oxidation sites excluding steroid dienone is 1. The predicted octanol–water partition coefficient (Wildman–Crippen LogP) is 3.70. The van der Waals surface area contributed by atoms with Crippen LogP contribution in [0.1, 0.15) is 11.1 Å². The minimum absolute atomic E-state index is 0.175. The molecule has 0 heterocycles. The van der Waals surface area contributed by atoms with Crippen LogP contribution in [0.3, 0.4) is 0 Å². The Balaban J connectivity index is 3.25. The van der Waals surface area contributed by atoms with Crippen molar-refractivity contribution in [1.82, 2.24) is 0 Å². The zero-order valence-corrected chi connectivity index (χ0v) is 10.4. The second-order valence-corrected chi connectivity index (χ2v) is 3.71. The Morgan fingerprint density at radius 2 is 1.95 bits per heavy atom. The number of nitrogens with zero attached hydrogens (tertiary/aromatic N) is 2. The van der Waals surface area contributed by atoms with Crippen molar-refractivity contribution in [3.63, 3.8) is 0 Å². The molecule has 0 saturated heterocycles. The Kier molecular flexibility index (Phi) is 4.58. The third-order valence-electron chi connectivity index (χ3n) is 2.35. The molecule has 19 heavy (non-hydrogen) atoms. The highest BCUT2D eigenvalue weighted by Crippen LogP contribution is 2.19. The van der Waals surface area contributed by atoms with Crippen LogP contribution in [0.2, 0.25) is 0 Å². The van der Waals surface area contributed by atoms with E-state index in [0.717, 1.165) is 6.07 Å². The van der Waals surface area contributed by atoms with Crippen LogP contribution in [-0.2, 0) is 0 Å². The van der Waals surface area contributed by atoms with E-state index in [4.69, 9.17) is 0 Å². The van der Waals surface area contributed by atoms with E-state index in [0.29, 0.717) is 11.6 Å². The van der Waals surface area contributed by atoms with Gasteiger partial charge in [-0.1, -0.05) is 18.7 Å². The number of aliphatic imine (C=N–C) groups is 2. The van der Waals surface area contributed by atoms with Gasteiger partial charge in [0.2, 0.25) is 0 Å². The van der Waals surface area contributed by atoms with Crippen LogP contribution in [0.4, 0.5) is 17.6 Å². The van der Waals surface area contributed by atoms with Gasteiger partial charge >= 0.3 is 6.18 Å². The third-order valence-corrected chi connectivity index (χ3v) is 2.35. The summed E-state index contributed by atoms with van der Waals surface area (Å²) in [6.45, 7) is 4.61. The number of halogens is 4. The molecular weight excluding hydrogens is 260 g/mol. The van der Waals surface area contributed by atoms with Gasteiger partial charge < -0.3 is 0 Å². The zero-order valence-electron chi connectivity index (χ0n) is 10.4. The van der Waals surface area contributed by atoms with Crippen LogP contribution in [0.5, 0.6) is 0 Å². The molecule has 0 N–H and O–H groups in total. The summed E-state index contributed by atoms with van der Waals surface area (Å²) in [6, 6.07) is 4.01. The molecule has 0 bridgehead atoms. The maximum absolute atomic E-state index is 13.4. The van der Waals surface area contributed by atoms with Crippen LogP contribution in [0.15, 0.2) is 40.8 Å². The minimum atomic E-state index is -4.62. The van der Waals surface area contributed by atoms with E-state index in [9.17, 15) is 17.6 Å². The normalized spacial score (nSPS) is 13.6. The number of hydrogen-bond acceptors (Lipinski definition) is 1. The molecule has 0 fully saturated rings. The first kappa shape index (κ1) is 15.1. The molecule has 0 aliphatic heterocycles. The van der Waals surface area contributed by atoms with Gasteiger partial charge in [-0.3, -0.25) is 4.99 Å². The molecule has 1 aromatic carbocycles. The summed E-state index contributed by atoms with van der Waals surface area (Å²) in [6.07, 6.45) is -4.03. The number of hydrogen-bond donors (Lipinski definition) is 0. The zero-order chi connectivity index (χ0) is 14.6. The van der Waals surface area contributed by atoms with Gasteiger partial charge in [-0.15, -0.1) is 0 Å². The van der Waals surface area contributed by atoms with E-state index in [1.807, 2.05) is 0 Å². The molecule has 0 aromatic heterocycles. The van der Waals surface area contributed by atoms with Crippen molar-refractivity contribution < 1.29 is 17.6 Å². The summed E-state index contributed by atoms with van der Waals surface area (Å²) in [5, 5.41) is 0. The van der Waals surface area contributed by atoms with Crippen LogP contribution in [-0.4, -0.2) is 24.8 Å². The van der Waals surface area contributed by atoms with Gasteiger partial charge in [-0.25, -0.2) is 9.38 Å². The van der Waals surface area contributed by atoms with Crippen LogP contribution < -0.4 is 0 Å². The minimum Gasteiger partial charge on any atom is -0.270 e. The molecule has 0 amide bonds. The number of rotatable bonds is 2. The van der Waals surface area contributed by atoms with Crippen molar-refractivity contribution in [1.29, 1.82) is 0 Å². The molecule has 0 aliphatic carbocycles. The first-order chi connectivity index (χ1) is 8.79. The monoisotopic (exact) mass is 272 g/mol. The fraction of sp³-hybridized carbons (Fsp3) is 0.231. The van der Waals surface area contributed by atoms with Crippen molar-refractivity contribution >= 4 is 11.5 Å². The summed E-state index contributed by atoms with van der Waals surface area (Å²) >= 11 is 0. The molecule has 0 atom stereocenters. The Labute approximate surface area is 108 Å². The molecule has 1 aromatic rings. The van der Waals surface area contributed by atoms with Gasteiger partial charge in [0.05, 0.1) is 0 Å². The maximum Gasteiger partial charge on any atom is 0.433 e. The SMILES string of the molecule is C=CC(=NC(=NC)c1ccc(C)c(F)c1)C(F)(F)F. The highest BCUT2D eigenvalue weighted by Gasteiger charge is 2.33. The molecule has 6 heteroatoms. The molecule has 0 spiro atoms. The van der Waals surface area contributed by atoms with Crippen molar-refractivity contribution in [2.45, 2.75) is 13.1 Å². The summed E-state index contributed by atoms with van der Waals surface area (Å²) in [4.78, 5) is 7.03. The second-order valence-electron chi connectivity index (χ2n) is 3.71. The lowest BCUT2D eigenvalue weighted by atomic mass is 10.1. The molecular formula is C13H12F4N2. The quantitative estimate of drug-likeness (QED) is 0.445. The van der Waals surface area contributed by atoms with Gasteiger partial charge in [-0.2, -0.15) is 13.2 Å². The Morgan fingerprint density at radius 1 is 1.32 bits per heavy atom. The van der Waals surface area contributed by atoms with E-state index in [2.05, 4.69) is 16.6 Å². The van der Waals surface area contributed by atoms with Crippen LogP contribution in [0, 0.1) is 12.7 Å². The number of aryl methyl sites for hydroxylation is 1. The van der Waals surface area contributed by atoms with Gasteiger partial charge in [0.1, 0.15) is 11.5 Å². The molecule has 2 nitrogen and oxygen atoms in total. The van der Waals surface area contributed by atoms with Gasteiger partial charge in [-0.05, 0) is 24.6 Å². The fourth-order valence-electron chi connectivity index (χ4n) is 1.31. The second kappa shape index (κ2) is 5.77. The molecule has 1 rings (SSSR count). The molecule has 102 valence electrons. The van der Waals surface area contributed by atoms with E-state index in [1.54, 1.807) is 6.92 Å². The topological polar surface area (TPSA) is 24.7 Å². The summed E-state index contributed by atoms with van der Waals surface area (Å²) < 4.78 is 51.0. The molecule has 0 unspecified atom stereocenters. The number of benzene rings is 1. The van der Waals surface area contributed by atoms with Gasteiger partial charge in [0, 0.05) is 12.6 Å². The average molecular weight is 272 g/mol. The Bertz CT molecular complexity index is 542. The lowest BCUT2D eigenvalue weighted by Crippen LogP contribution is -2.22. The largest absolute Gasteiger partial charge is 0.433 e. The van der Waals surface area contributed by atoms with Gasteiger partial charge in [0.25, 0.3) is 0 Å². The third kappa shape index (κ3) is 3.74. The van der Waals surface area contributed by atoms with E-state index >= 15 is 0 Å².